The maximum atomic E-state index is 4.74. The lowest BCUT2D eigenvalue weighted by Crippen LogP contribution is -2.04. The Morgan fingerprint density at radius 3 is 2.38 bits per heavy atom. The highest BCUT2D eigenvalue weighted by Gasteiger charge is 2.17. The van der Waals surface area contributed by atoms with Crippen LogP contribution >= 0.6 is 11.3 Å². The van der Waals surface area contributed by atoms with E-state index in [4.69, 9.17) is 4.98 Å². The van der Waals surface area contributed by atoms with Gasteiger partial charge >= 0.3 is 0 Å². The number of rotatable bonds is 2. The van der Waals surface area contributed by atoms with Gasteiger partial charge in [0.1, 0.15) is 0 Å². The maximum Gasteiger partial charge on any atom is 0.0880 e. The van der Waals surface area contributed by atoms with Crippen LogP contribution in [-0.4, -0.2) is 4.98 Å². The van der Waals surface area contributed by atoms with E-state index in [2.05, 4.69) is 66.7 Å². The topological polar surface area (TPSA) is 12.9 Å². The summed E-state index contributed by atoms with van der Waals surface area (Å²) in [6.45, 7) is 0. The molecule has 0 bridgehead atoms. The third-order valence-corrected chi connectivity index (χ3v) is 7.78. The zero-order valence-electron chi connectivity index (χ0n) is 16.4. The van der Waals surface area contributed by atoms with Crippen LogP contribution in [0.25, 0.3) is 42.2 Å². The van der Waals surface area contributed by atoms with Crippen LogP contribution in [0.1, 0.15) is 43.6 Å². The van der Waals surface area contributed by atoms with Gasteiger partial charge in [-0.2, -0.15) is 0 Å². The van der Waals surface area contributed by atoms with E-state index in [1.807, 2.05) is 17.5 Å². The second-order valence-corrected chi connectivity index (χ2v) is 9.28. The summed E-state index contributed by atoms with van der Waals surface area (Å²) in [6, 6.07) is 24.6. The molecule has 0 N–H and O–H groups in total. The molecule has 29 heavy (non-hydrogen) atoms. The first-order valence-corrected chi connectivity index (χ1v) is 11.5. The highest BCUT2D eigenvalue weighted by molar-refractivity contribution is 7.27. The van der Waals surface area contributed by atoms with Crippen molar-refractivity contribution in [3.05, 3.63) is 78.5 Å². The molecule has 5 aromatic rings. The van der Waals surface area contributed by atoms with Gasteiger partial charge in [0.15, 0.2) is 0 Å². The molecule has 1 aliphatic carbocycles. The molecule has 2 heterocycles. The SMILES string of the molecule is c1ccc(-c2nccc3c2sc2c4ccc(C5CCCCC5)cc4ccc32)cc1. The van der Waals surface area contributed by atoms with E-state index in [-0.39, 0.29) is 0 Å². The van der Waals surface area contributed by atoms with Gasteiger partial charge in [0.2, 0.25) is 0 Å². The Hall–Kier alpha value is -2.71. The Kier molecular flexibility index (Phi) is 4.12. The van der Waals surface area contributed by atoms with Crippen molar-refractivity contribution in [3.63, 3.8) is 0 Å². The summed E-state index contributed by atoms with van der Waals surface area (Å²) in [5.41, 5.74) is 3.81. The van der Waals surface area contributed by atoms with Crippen molar-refractivity contribution in [2.45, 2.75) is 38.0 Å². The summed E-state index contributed by atoms with van der Waals surface area (Å²) >= 11 is 1.89. The van der Waals surface area contributed by atoms with Crippen LogP contribution in [0.2, 0.25) is 0 Å². The van der Waals surface area contributed by atoms with E-state index in [1.54, 1.807) is 0 Å². The number of benzene rings is 3. The van der Waals surface area contributed by atoms with E-state index >= 15 is 0 Å². The molecular weight excluding hydrogens is 370 g/mol. The minimum absolute atomic E-state index is 0.750. The molecule has 1 aliphatic rings. The van der Waals surface area contributed by atoms with Gasteiger partial charge in [-0.3, -0.25) is 4.98 Å². The van der Waals surface area contributed by atoms with Crippen molar-refractivity contribution in [1.29, 1.82) is 0 Å². The molecule has 1 saturated carbocycles. The van der Waals surface area contributed by atoms with Gasteiger partial charge in [0.25, 0.3) is 0 Å². The van der Waals surface area contributed by atoms with Crippen LogP contribution in [0.4, 0.5) is 0 Å². The normalized spacial score (nSPS) is 15.4. The molecule has 1 nitrogen and oxygen atoms in total. The first-order chi connectivity index (χ1) is 14.4. The first kappa shape index (κ1) is 17.2. The van der Waals surface area contributed by atoms with Crippen molar-refractivity contribution in [2.75, 3.05) is 0 Å². The van der Waals surface area contributed by atoms with E-state index in [0.717, 1.165) is 11.6 Å². The molecule has 6 rings (SSSR count). The zero-order chi connectivity index (χ0) is 19.2. The lowest BCUT2D eigenvalue weighted by atomic mass is 9.83. The lowest BCUT2D eigenvalue weighted by molar-refractivity contribution is 0.444. The van der Waals surface area contributed by atoms with Crippen molar-refractivity contribution < 1.29 is 0 Å². The Labute approximate surface area is 175 Å². The number of hydrogen-bond acceptors (Lipinski definition) is 2. The third-order valence-electron chi connectivity index (χ3n) is 6.52. The summed E-state index contributed by atoms with van der Waals surface area (Å²) < 4.78 is 2.68. The molecule has 0 radical (unpaired) electrons. The van der Waals surface area contributed by atoms with Gasteiger partial charge in [-0.05, 0) is 41.2 Å². The van der Waals surface area contributed by atoms with Gasteiger partial charge in [-0.15, -0.1) is 11.3 Å². The predicted molar refractivity (Wildman–Crippen MR) is 126 cm³/mol. The molecule has 2 aromatic heterocycles. The van der Waals surface area contributed by atoms with Crippen molar-refractivity contribution in [1.82, 2.24) is 4.98 Å². The molecule has 0 aliphatic heterocycles. The van der Waals surface area contributed by atoms with Crippen LogP contribution in [0.5, 0.6) is 0 Å². The van der Waals surface area contributed by atoms with Crippen molar-refractivity contribution in [3.8, 4) is 11.3 Å². The van der Waals surface area contributed by atoms with Gasteiger partial charge in [0, 0.05) is 27.2 Å². The second-order valence-electron chi connectivity index (χ2n) is 8.26. The second kappa shape index (κ2) is 6.96. The van der Waals surface area contributed by atoms with Crippen LogP contribution in [0, 0.1) is 0 Å². The Morgan fingerprint density at radius 2 is 1.52 bits per heavy atom. The molecule has 0 atom stereocenters. The molecule has 0 unspecified atom stereocenters. The fourth-order valence-electron chi connectivity index (χ4n) is 5.00. The largest absolute Gasteiger partial charge is 0.255 e. The summed E-state index contributed by atoms with van der Waals surface area (Å²) in [5.74, 6) is 0.750. The van der Waals surface area contributed by atoms with Crippen LogP contribution < -0.4 is 0 Å². The highest BCUT2D eigenvalue weighted by Crippen LogP contribution is 2.42. The lowest BCUT2D eigenvalue weighted by Gasteiger charge is -2.22. The molecule has 142 valence electrons. The summed E-state index contributed by atoms with van der Waals surface area (Å²) in [7, 11) is 0. The minimum atomic E-state index is 0.750. The van der Waals surface area contributed by atoms with E-state index in [0.29, 0.717) is 0 Å². The van der Waals surface area contributed by atoms with Gasteiger partial charge in [-0.1, -0.05) is 79.9 Å². The fourth-order valence-corrected chi connectivity index (χ4v) is 6.34. The van der Waals surface area contributed by atoms with Gasteiger partial charge < -0.3 is 0 Å². The standard InChI is InChI=1S/C27H23NS/c1-3-7-18(8-4-1)20-11-13-22-21(17-20)12-14-23-24-15-16-28-25(27(24)29-26(22)23)19-9-5-2-6-10-19/h2,5-6,9-18H,1,3-4,7-8H2. The zero-order valence-corrected chi connectivity index (χ0v) is 17.2. The van der Waals surface area contributed by atoms with Gasteiger partial charge in [0.05, 0.1) is 10.4 Å². The smallest absolute Gasteiger partial charge is 0.0880 e. The Balaban J connectivity index is 1.56. The Morgan fingerprint density at radius 1 is 0.724 bits per heavy atom. The van der Waals surface area contributed by atoms with Gasteiger partial charge in [-0.25, -0.2) is 0 Å². The average molecular weight is 394 g/mol. The summed E-state index contributed by atoms with van der Waals surface area (Å²) in [4.78, 5) is 4.74. The quantitative estimate of drug-likeness (QED) is 0.294. The molecule has 0 saturated heterocycles. The number of fused-ring (bicyclic) bond motifs is 5. The summed E-state index contributed by atoms with van der Waals surface area (Å²) in [6.07, 6.45) is 8.82. The van der Waals surface area contributed by atoms with E-state index < -0.39 is 0 Å². The highest BCUT2D eigenvalue weighted by atomic mass is 32.1. The molecule has 0 amide bonds. The summed E-state index contributed by atoms with van der Waals surface area (Å²) in [5, 5.41) is 5.42. The Bertz CT molecular complexity index is 1330. The van der Waals surface area contributed by atoms with E-state index in [9.17, 15) is 0 Å². The number of aromatic nitrogens is 1. The average Bonchev–Trinajstić information content (AvgIpc) is 3.19. The molecule has 3 aromatic carbocycles. The van der Waals surface area contributed by atoms with Crippen LogP contribution in [0.3, 0.4) is 0 Å². The van der Waals surface area contributed by atoms with Crippen molar-refractivity contribution >= 4 is 42.3 Å². The molecule has 2 heteroatoms. The maximum absolute atomic E-state index is 4.74. The first-order valence-electron chi connectivity index (χ1n) is 10.7. The van der Waals surface area contributed by atoms with E-state index in [1.165, 1.54) is 74.2 Å². The van der Waals surface area contributed by atoms with Crippen LogP contribution in [-0.2, 0) is 0 Å². The minimum Gasteiger partial charge on any atom is -0.255 e. The molecule has 0 spiro atoms. The predicted octanol–water partition coefficient (Wildman–Crippen LogP) is 8.32. The van der Waals surface area contributed by atoms with Crippen molar-refractivity contribution in [2.24, 2.45) is 0 Å². The number of pyridine rings is 1. The molecular formula is C27H23NS. The molecule has 1 fully saturated rings. The third kappa shape index (κ3) is 2.86. The fraction of sp³-hybridized carbons (Fsp3) is 0.222. The number of nitrogens with zero attached hydrogens (tertiary/aromatic N) is 1. The van der Waals surface area contributed by atoms with Crippen LogP contribution in [0.15, 0.2) is 72.9 Å². The monoisotopic (exact) mass is 393 g/mol. The number of thiophene rings is 1. The number of hydrogen-bond donors (Lipinski definition) is 0.